The van der Waals surface area contributed by atoms with E-state index in [4.69, 9.17) is 9.47 Å². The van der Waals surface area contributed by atoms with Crippen molar-refractivity contribution in [1.82, 2.24) is 20.9 Å². The van der Waals surface area contributed by atoms with Crippen molar-refractivity contribution in [2.24, 2.45) is 5.92 Å². The van der Waals surface area contributed by atoms with Crippen LogP contribution in [0.25, 0.3) is 0 Å². The topological polar surface area (TPSA) is 126 Å². The van der Waals surface area contributed by atoms with Crippen molar-refractivity contribution in [3.05, 3.63) is 108 Å². The van der Waals surface area contributed by atoms with Crippen LogP contribution >= 0.6 is 0 Å². The van der Waals surface area contributed by atoms with E-state index >= 15 is 0 Å². The van der Waals surface area contributed by atoms with E-state index < -0.39 is 35.9 Å². The van der Waals surface area contributed by atoms with Crippen molar-refractivity contribution in [2.45, 2.75) is 64.3 Å². The summed E-state index contributed by atoms with van der Waals surface area (Å²) in [6.45, 7) is 6.54. The van der Waals surface area contributed by atoms with Gasteiger partial charge in [0.05, 0.1) is 19.8 Å². The third-order valence-electron chi connectivity index (χ3n) is 8.13. The molecule has 1 fully saturated rings. The predicted molar refractivity (Wildman–Crippen MR) is 184 cm³/mol. The van der Waals surface area contributed by atoms with E-state index in [0.717, 1.165) is 16.7 Å². The van der Waals surface area contributed by atoms with Gasteiger partial charge in [-0.05, 0) is 41.9 Å². The highest BCUT2D eigenvalue weighted by Gasteiger charge is 2.31. The molecular formula is C38H48N4O6. The molecule has 1 saturated heterocycles. The number of carbonyl (C=O) groups excluding carboxylic acids is 4. The summed E-state index contributed by atoms with van der Waals surface area (Å²) < 4.78 is 11.0. The number of ether oxygens (including phenoxy) is 2. The number of nitrogens with one attached hydrogen (secondary N) is 3. The lowest BCUT2D eigenvalue weighted by molar-refractivity contribution is -0.149. The Labute approximate surface area is 283 Å². The molecule has 4 rings (SSSR count). The SMILES string of the molecule is CC(C)C[C@@H](NC(=O)[C@H](CCc1ccccc1)NC(=O)CN1CCOCC1)C(=O)N[C@@H](Cc1ccccc1)C(=O)OCc1ccccc1. The minimum absolute atomic E-state index is 0.0531. The first-order valence-corrected chi connectivity index (χ1v) is 16.8. The zero-order chi connectivity index (χ0) is 34.1. The Bertz CT molecular complexity index is 1430. The number of amides is 3. The number of morpholine rings is 1. The number of aryl methyl sites for hydroxylation is 1. The molecule has 1 aliphatic rings. The van der Waals surface area contributed by atoms with Crippen LogP contribution in [0.1, 0.15) is 43.4 Å². The average Bonchev–Trinajstić information content (AvgIpc) is 3.10. The van der Waals surface area contributed by atoms with Crippen molar-refractivity contribution in [2.75, 3.05) is 32.8 Å². The molecule has 3 N–H and O–H groups in total. The smallest absolute Gasteiger partial charge is 0.329 e. The van der Waals surface area contributed by atoms with Crippen LogP contribution in [0.15, 0.2) is 91.0 Å². The molecule has 1 heterocycles. The predicted octanol–water partition coefficient (Wildman–Crippen LogP) is 3.44. The molecule has 0 saturated carbocycles. The fourth-order valence-corrected chi connectivity index (χ4v) is 5.55. The fraction of sp³-hybridized carbons (Fsp3) is 0.421. The van der Waals surface area contributed by atoms with Crippen LogP contribution in [0, 0.1) is 5.92 Å². The second kappa shape index (κ2) is 19.3. The molecule has 0 spiro atoms. The number of esters is 1. The molecule has 256 valence electrons. The molecule has 10 nitrogen and oxygen atoms in total. The molecule has 0 aromatic heterocycles. The fourth-order valence-electron chi connectivity index (χ4n) is 5.55. The van der Waals surface area contributed by atoms with E-state index in [1.54, 1.807) is 0 Å². The standard InChI is InChI=1S/C38H48N4O6/c1-28(2)24-33(37(45)41-34(25-30-14-8-4-9-15-30)38(46)48-27-31-16-10-5-11-17-31)40-36(44)32(19-18-29-12-6-3-7-13-29)39-35(43)26-42-20-22-47-23-21-42/h3-17,28,32-34H,18-27H2,1-2H3,(H,39,43)(H,40,44)(H,41,45)/t32-,33+,34-/m0/s1. The van der Waals surface area contributed by atoms with Gasteiger partial charge in [0.15, 0.2) is 0 Å². The second-order valence-electron chi connectivity index (χ2n) is 12.6. The highest BCUT2D eigenvalue weighted by Crippen LogP contribution is 2.12. The van der Waals surface area contributed by atoms with Crippen molar-refractivity contribution >= 4 is 23.7 Å². The van der Waals surface area contributed by atoms with Crippen molar-refractivity contribution in [1.29, 1.82) is 0 Å². The lowest BCUT2D eigenvalue weighted by Crippen LogP contribution is -2.57. The van der Waals surface area contributed by atoms with Gasteiger partial charge >= 0.3 is 5.97 Å². The van der Waals surface area contributed by atoms with E-state index in [-0.39, 0.29) is 31.4 Å². The minimum Gasteiger partial charge on any atom is -0.459 e. The first-order chi connectivity index (χ1) is 23.3. The van der Waals surface area contributed by atoms with E-state index in [2.05, 4.69) is 16.0 Å². The van der Waals surface area contributed by atoms with Gasteiger partial charge in [-0.2, -0.15) is 0 Å². The van der Waals surface area contributed by atoms with Gasteiger partial charge in [0.25, 0.3) is 0 Å². The highest BCUT2D eigenvalue weighted by atomic mass is 16.5. The maximum atomic E-state index is 13.8. The van der Waals surface area contributed by atoms with Gasteiger partial charge in [-0.15, -0.1) is 0 Å². The number of carbonyl (C=O) groups is 4. The molecule has 3 amide bonds. The van der Waals surface area contributed by atoms with E-state index in [1.807, 2.05) is 110 Å². The first-order valence-electron chi connectivity index (χ1n) is 16.8. The van der Waals surface area contributed by atoms with E-state index in [9.17, 15) is 19.2 Å². The number of benzene rings is 3. The van der Waals surface area contributed by atoms with Crippen LogP contribution in [0.2, 0.25) is 0 Å². The monoisotopic (exact) mass is 656 g/mol. The number of nitrogens with zero attached hydrogens (tertiary/aromatic N) is 1. The Morgan fingerprint density at radius 3 is 1.85 bits per heavy atom. The van der Waals surface area contributed by atoms with Gasteiger partial charge in [-0.3, -0.25) is 19.3 Å². The Hall–Kier alpha value is -4.54. The Morgan fingerprint density at radius 1 is 0.708 bits per heavy atom. The van der Waals surface area contributed by atoms with Crippen LogP contribution < -0.4 is 16.0 Å². The van der Waals surface area contributed by atoms with Crippen LogP contribution in [0.5, 0.6) is 0 Å². The summed E-state index contributed by atoms with van der Waals surface area (Å²) in [5, 5.41) is 8.69. The summed E-state index contributed by atoms with van der Waals surface area (Å²) in [6.07, 6.45) is 1.47. The third-order valence-corrected chi connectivity index (χ3v) is 8.13. The molecule has 48 heavy (non-hydrogen) atoms. The molecule has 3 atom stereocenters. The summed E-state index contributed by atoms with van der Waals surface area (Å²) >= 11 is 0. The van der Waals surface area contributed by atoms with Gasteiger partial charge < -0.3 is 25.4 Å². The molecule has 0 radical (unpaired) electrons. The lowest BCUT2D eigenvalue weighted by Gasteiger charge is -2.28. The Kier molecular flexibility index (Phi) is 14.6. The van der Waals surface area contributed by atoms with E-state index in [0.29, 0.717) is 45.6 Å². The maximum absolute atomic E-state index is 13.8. The summed E-state index contributed by atoms with van der Waals surface area (Å²) in [6, 6.07) is 25.7. The van der Waals surface area contributed by atoms with Crippen LogP contribution in [0.4, 0.5) is 0 Å². The van der Waals surface area contributed by atoms with Gasteiger partial charge in [0.2, 0.25) is 17.7 Å². The van der Waals surface area contributed by atoms with Crippen molar-refractivity contribution in [3.63, 3.8) is 0 Å². The number of rotatable bonds is 17. The summed E-state index contributed by atoms with van der Waals surface area (Å²) in [5.74, 6) is -1.72. The van der Waals surface area contributed by atoms with Crippen LogP contribution in [0.3, 0.4) is 0 Å². The van der Waals surface area contributed by atoms with Gasteiger partial charge in [-0.1, -0.05) is 105 Å². The first kappa shape index (κ1) is 36.3. The Balaban J connectivity index is 1.46. The summed E-state index contributed by atoms with van der Waals surface area (Å²) in [4.78, 5) is 56.1. The third kappa shape index (κ3) is 12.6. The largest absolute Gasteiger partial charge is 0.459 e. The minimum atomic E-state index is -0.975. The molecule has 0 bridgehead atoms. The molecule has 3 aromatic carbocycles. The Morgan fingerprint density at radius 2 is 1.25 bits per heavy atom. The average molecular weight is 657 g/mol. The van der Waals surface area contributed by atoms with Gasteiger partial charge in [0.1, 0.15) is 24.7 Å². The van der Waals surface area contributed by atoms with Gasteiger partial charge in [-0.25, -0.2) is 4.79 Å². The maximum Gasteiger partial charge on any atom is 0.329 e. The molecule has 0 aliphatic carbocycles. The molecule has 0 unspecified atom stereocenters. The lowest BCUT2D eigenvalue weighted by atomic mass is 10.00. The quantitative estimate of drug-likeness (QED) is 0.190. The molecular weight excluding hydrogens is 608 g/mol. The zero-order valence-corrected chi connectivity index (χ0v) is 27.9. The normalized spacial score (nSPS) is 15.1. The summed E-state index contributed by atoms with van der Waals surface area (Å²) in [5.41, 5.74) is 2.72. The molecule has 1 aliphatic heterocycles. The zero-order valence-electron chi connectivity index (χ0n) is 27.9. The summed E-state index contributed by atoms with van der Waals surface area (Å²) in [7, 11) is 0. The highest BCUT2D eigenvalue weighted by molar-refractivity contribution is 5.93. The second-order valence-corrected chi connectivity index (χ2v) is 12.6. The number of hydrogen-bond acceptors (Lipinski definition) is 7. The van der Waals surface area contributed by atoms with Crippen molar-refractivity contribution in [3.8, 4) is 0 Å². The van der Waals surface area contributed by atoms with Crippen LogP contribution in [-0.2, 0) is 48.1 Å². The van der Waals surface area contributed by atoms with Crippen LogP contribution in [-0.4, -0.2) is 79.6 Å². The molecule has 3 aromatic rings. The molecule has 10 heteroatoms. The number of hydrogen-bond donors (Lipinski definition) is 3. The van der Waals surface area contributed by atoms with Crippen molar-refractivity contribution < 1.29 is 28.7 Å². The van der Waals surface area contributed by atoms with E-state index in [1.165, 1.54) is 0 Å². The van der Waals surface area contributed by atoms with Gasteiger partial charge in [0, 0.05) is 19.5 Å².